The normalized spacial score (nSPS) is 17.2. The van der Waals surface area contributed by atoms with Crippen LogP contribution in [0.3, 0.4) is 0 Å². The number of carbonyl (C=O) groups excluding carboxylic acids is 1. The average molecular weight is 372 g/mol. The minimum atomic E-state index is -0.819. The summed E-state index contributed by atoms with van der Waals surface area (Å²) in [5, 5.41) is 0. The molecule has 0 N–H and O–H groups in total. The van der Waals surface area contributed by atoms with Crippen LogP contribution in [0.15, 0.2) is 55.0 Å². The maximum atomic E-state index is 14.3. The molecule has 0 bridgehead atoms. The minimum Gasteiger partial charge on any atom is -0.449 e. The lowest BCUT2D eigenvalue weighted by molar-refractivity contribution is -0.00107. The maximum Gasteiger partial charge on any atom is 0.360 e. The molecule has 2 aromatic rings. The van der Waals surface area contributed by atoms with E-state index in [0.29, 0.717) is 12.8 Å². The Balaban J connectivity index is 1.90. The van der Waals surface area contributed by atoms with Gasteiger partial charge in [-0.15, -0.1) is 5.73 Å². The molecule has 0 saturated carbocycles. The summed E-state index contributed by atoms with van der Waals surface area (Å²) >= 11 is 1.80. The van der Waals surface area contributed by atoms with Crippen LogP contribution in [0.1, 0.15) is 41.9 Å². The molecule has 1 aromatic carbocycles. The molecule has 1 aliphatic rings. The summed E-state index contributed by atoms with van der Waals surface area (Å²) < 4.78 is 21.6. The first kappa shape index (κ1) is 18.5. The van der Waals surface area contributed by atoms with Crippen LogP contribution in [0.2, 0.25) is 0 Å². The largest absolute Gasteiger partial charge is 0.449 e. The van der Waals surface area contributed by atoms with Gasteiger partial charge in [0.25, 0.3) is 0 Å². The van der Waals surface area contributed by atoms with Gasteiger partial charge in [0.1, 0.15) is 5.60 Å². The number of esters is 1. The predicted octanol–water partition coefficient (Wildman–Crippen LogP) is 4.40. The molecule has 1 atom stereocenters. The van der Waals surface area contributed by atoms with E-state index in [1.807, 2.05) is 37.3 Å². The summed E-state index contributed by atoms with van der Waals surface area (Å²) in [4.78, 5) is 16.5. The molecule has 3 rings (SSSR count). The lowest BCUT2D eigenvalue weighted by Crippen LogP contribution is -2.37. The number of aromatic nitrogens is 2. The molecule has 26 heavy (non-hydrogen) atoms. The second-order valence-corrected chi connectivity index (χ2v) is 7.52. The van der Waals surface area contributed by atoms with Gasteiger partial charge in [0.15, 0.2) is 5.69 Å². The summed E-state index contributed by atoms with van der Waals surface area (Å²) in [5.41, 5.74) is 2.75. The van der Waals surface area contributed by atoms with E-state index in [-0.39, 0.29) is 11.7 Å². The van der Waals surface area contributed by atoms with Crippen LogP contribution in [0.4, 0.5) is 4.39 Å². The second kappa shape index (κ2) is 7.94. The highest BCUT2D eigenvalue weighted by Gasteiger charge is 2.36. The SMILES string of the molecule is C=C=CC1(OC(=O)c2c(F)ncn2[C@H](C)c2ccccc2)CCSCC1. The molecular weight excluding hydrogens is 351 g/mol. The van der Waals surface area contributed by atoms with Crippen LogP contribution < -0.4 is 0 Å². The number of halogens is 1. The number of hydrogen-bond acceptors (Lipinski definition) is 4. The Kier molecular flexibility index (Phi) is 5.64. The van der Waals surface area contributed by atoms with Crippen molar-refractivity contribution in [3.8, 4) is 0 Å². The first-order valence-corrected chi connectivity index (χ1v) is 9.67. The Hall–Kier alpha value is -2.30. The average Bonchev–Trinajstić information content (AvgIpc) is 3.04. The molecule has 2 heterocycles. The Labute approximate surface area is 156 Å². The van der Waals surface area contributed by atoms with Crippen molar-refractivity contribution >= 4 is 17.7 Å². The summed E-state index contributed by atoms with van der Waals surface area (Å²) in [6.07, 6.45) is 4.35. The fourth-order valence-corrected chi connectivity index (χ4v) is 4.31. The van der Waals surface area contributed by atoms with Crippen molar-refractivity contribution in [3.63, 3.8) is 0 Å². The van der Waals surface area contributed by atoms with Gasteiger partial charge in [-0.3, -0.25) is 0 Å². The number of imidazole rings is 1. The molecule has 4 nitrogen and oxygen atoms in total. The Morgan fingerprint density at radius 1 is 1.42 bits per heavy atom. The van der Waals surface area contributed by atoms with Crippen LogP contribution in [-0.2, 0) is 4.74 Å². The molecule has 1 aliphatic heterocycles. The van der Waals surface area contributed by atoms with Crippen LogP contribution in [-0.4, -0.2) is 32.6 Å². The van der Waals surface area contributed by atoms with Crippen molar-refractivity contribution in [1.29, 1.82) is 0 Å². The summed E-state index contributed by atoms with van der Waals surface area (Å²) in [7, 11) is 0. The Morgan fingerprint density at radius 3 is 2.77 bits per heavy atom. The fraction of sp³-hybridized carbons (Fsp3) is 0.350. The van der Waals surface area contributed by atoms with Crippen LogP contribution >= 0.6 is 11.8 Å². The Morgan fingerprint density at radius 2 is 2.12 bits per heavy atom. The molecular formula is C20H21FN2O2S. The van der Waals surface area contributed by atoms with E-state index >= 15 is 0 Å². The molecule has 6 heteroatoms. The number of hydrogen-bond donors (Lipinski definition) is 0. The maximum absolute atomic E-state index is 14.3. The van der Waals surface area contributed by atoms with E-state index < -0.39 is 17.5 Å². The zero-order chi connectivity index (χ0) is 18.6. The van der Waals surface area contributed by atoms with Gasteiger partial charge in [-0.2, -0.15) is 16.2 Å². The number of benzene rings is 1. The van der Waals surface area contributed by atoms with Crippen LogP contribution in [0.25, 0.3) is 0 Å². The molecule has 1 fully saturated rings. The van der Waals surface area contributed by atoms with Crippen molar-refractivity contribution < 1.29 is 13.9 Å². The van der Waals surface area contributed by atoms with Crippen molar-refractivity contribution in [2.75, 3.05) is 11.5 Å². The molecule has 0 amide bonds. The van der Waals surface area contributed by atoms with E-state index in [1.54, 1.807) is 17.8 Å². The topological polar surface area (TPSA) is 44.1 Å². The van der Waals surface area contributed by atoms with Gasteiger partial charge >= 0.3 is 5.97 Å². The smallest absolute Gasteiger partial charge is 0.360 e. The highest BCUT2D eigenvalue weighted by atomic mass is 32.2. The minimum absolute atomic E-state index is 0.156. The zero-order valence-corrected chi connectivity index (χ0v) is 15.5. The van der Waals surface area contributed by atoms with E-state index in [1.165, 1.54) is 10.9 Å². The molecule has 0 unspecified atom stereocenters. The third kappa shape index (κ3) is 3.76. The van der Waals surface area contributed by atoms with Gasteiger partial charge in [0.05, 0.1) is 12.4 Å². The van der Waals surface area contributed by atoms with Crippen molar-refractivity contribution in [1.82, 2.24) is 9.55 Å². The number of ether oxygens (including phenoxy) is 1. The van der Waals surface area contributed by atoms with Gasteiger partial charge < -0.3 is 9.30 Å². The van der Waals surface area contributed by atoms with Gasteiger partial charge in [0, 0.05) is 18.9 Å². The number of thioether (sulfide) groups is 1. The standard InChI is InChI=1S/C20H21FN2O2S/c1-3-9-20(10-12-26-13-11-20)25-19(24)17-18(21)22-14-23(17)15(2)16-7-5-4-6-8-16/h4-9,14-15H,1,10-13H2,2H3/t15-/m1/s1. The van der Waals surface area contributed by atoms with E-state index in [9.17, 15) is 9.18 Å². The number of nitrogens with zero attached hydrogens (tertiary/aromatic N) is 2. The molecule has 1 aromatic heterocycles. The highest BCUT2D eigenvalue weighted by molar-refractivity contribution is 7.99. The first-order chi connectivity index (χ1) is 12.6. The van der Waals surface area contributed by atoms with Crippen molar-refractivity contribution in [3.05, 3.63) is 72.3 Å². The third-order valence-electron chi connectivity index (χ3n) is 4.64. The van der Waals surface area contributed by atoms with Crippen LogP contribution in [0, 0.1) is 5.95 Å². The molecule has 0 radical (unpaired) electrons. The molecule has 1 saturated heterocycles. The lowest BCUT2D eigenvalue weighted by Gasteiger charge is -2.33. The summed E-state index contributed by atoms with van der Waals surface area (Å²) in [6.45, 7) is 5.50. The molecule has 136 valence electrons. The zero-order valence-electron chi connectivity index (χ0n) is 14.7. The summed E-state index contributed by atoms with van der Waals surface area (Å²) in [6, 6.07) is 9.33. The molecule has 0 aliphatic carbocycles. The van der Waals surface area contributed by atoms with Crippen molar-refractivity contribution in [2.45, 2.75) is 31.4 Å². The monoisotopic (exact) mass is 372 g/mol. The number of carbonyl (C=O) groups is 1. The van der Waals surface area contributed by atoms with Crippen LogP contribution in [0.5, 0.6) is 0 Å². The van der Waals surface area contributed by atoms with Crippen molar-refractivity contribution in [2.24, 2.45) is 0 Å². The lowest BCUT2D eigenvalue weighted by atomic mass is 9.96. The van der Waals surface area contributed by atoms with E-state index in [2.05, 4.69) is 17.3 Å². The number of rotatable bonds is 5. The third-order valence-corrected chi connectivity index (χ3v) is 5.63. The van der Waals surface area contributed by atoms with E-state index in [4.69, 9.17) is 4.74 Å². The second-order valence-electron chi connectivity index (χ2n) is 6.29. The molecule has 0 spiro atoms. The van der Waals surface area contributed by atoms with Gasteiger partial charge in [0.2, 0.25) is 5.95 Å². The van der Waals surface area contributed by atoms with Gasteiger partial charge in [-0.25, -0.2) is 9.78 Å². The quantitative estimate of drug-likeness (QED) is 0.577. The fourth-order valence-electron chi connectivity index (χ4n) is 3.13. The Bertz CT molecular complexity index is 822. The van der Waals surface area contributed by atoms with Gasteiger partial charge in [-0.05, 0) is 24.0 Å². The highest BCUT2D eigenvalue weighted by Crippen LogP contribution is 2.33. The predicted molar refractivity (Wildman–Crippen MR) is 101 cm³/mol. The van der Waals surface area contributed by atoms with Gasteiger partial charge in [-0.1, -0.05) is 36.9 Å². The summed E-state index contributed by atoms with van der Waals surface area (Å²) in [5.74, 6) is 0.211. The first-order valence-electron chi connectivity index (χ1n) is 8.52. The van der Waals surface area contributed by atoms with E-state index in [0.717, 1.165) is 17.1 Å².